The number of ether oxygens (including phenoxy) is 2. The highest BCUT2D eigenvalue weighted by Gasteiger charge is 2.68. The van der Waals surface area contributed by atoms with Crippen LogP contribution in [-0.2, 0) is 14.3 Å². The smallest absolute Gasteiger partial charge is 0.324 e. The van der Waals surface area contributed by atoms with Gasteiger partial charge in [-0.25, -0.2) is 0 Å². The molecule has 0 heterocycles. The van der Waals surface area contributed by atoms with E-state index in [2.05, 4.69) is 0 Å². The summed E-state index contributed by atoms with van der Waals surface area (Å²) in [5.41, 5.74) is -0.632. The second-order valence-electron chi connectivity index (χ2n) is 4.76. The maximum Gasteiger partial charge on any atom is 0.324 e. The molecule has 20 heavy (non-hydrogen) atoms. The van der Waals surface area contributed by atoms with Crippen LogP contribution in [0.3, 0.4) is 0 Å². The Balaban J connectivity index is 2.24. The lowest BCUT2D eigenvalue weighted by atomic mass is 9.99. The van der Waals surface area contributed by atoms with Crippen molar-refractivity contribution in [3.05, 3.63) is 29.8 Å². The molecule has 1 saturated carbocycles. The molecule has 2 unspecified atom stereocenters. The number of hydrogen-bond donors (Lipinski definition) is 1. The molecule has 1 fully saturated rings. The minimum absolute atomic E-state index is 0.180. The van der Waals surface area contributed by atoms with Gasteiger partial charge in [0.1, 0.15) is 5.75 Å². The summed E-state index contributed by atoms with van der Waals surface area (Å²) >= 11 is 0. The Hall–Kier alpha value is -2.04. The molecule has 0 radical (unpaired) electrons. The first-order valence-electron chi connectivity index (χ1n) is 6.69. The van der Waals surface area contributed by atoms with Crippen LogP contribution in [0.25, 0.3) is 0 Å². The van der Waals surface area contributed by atoms with Crippen LogP contribution >= 0.6 is 0 Å². The fraction of sp³-hybridized carbons (Fsp3) is 0.467. The van der Waals surface area contributed by atoms with Crippen LogP contribution in [0.2, 0.25) is 0 Å². The van der Waals surface area contributed by atoms with E-state index in [1.54, 1.807) is 19.1 Å². The normalized spacial score (nSPS) is 24.0. The standard InChI is InChI=1S/C15H18O5/c1-3-19-11-7-5-6-10(8-11)12-9-15(12,13(16)17)14(18)20-4-2/h5-8,12H,3-4,9H2,1-2H3,(H,16,17). The average molecular weight is 278 g/mol. The van der Waals surface area contributed by atoms with Crippen LogP contribution in [0.15, 0.2) is 24.3 Å². The fourth-order valence-electron chi connectivity index (χ4n) is 2.46. The highest BCUT2D eigenvalue weighted by atomic mass is 16.5. The topological polar surface area (TPSA) is 72.8 Å². The largest absolute Gasteiger partial charge is 0.494 e. The molecule has 5 nitrogen and oxygen atoms in total. The van der Waals surface area contributed by atoms with E-state index in [-0.39, 0.29) is 18.9 Å². The number of benzene rings is 1. The first-order chi connectivity index (χ1) is 9.56. The summed E-state index contributed by atoms with van der Waals surface area (Å²) in [7, 11) is 0. The van der Waals surface area contributed by atoms with Crippen molar-refractivity contribution < 1.29 is 24.2 Å². The van der Waals surface area contributed by atoms with Crippen molar-refractivity contribution >= 4 is 11.9 Å². The Morgan fingerprint density at radius 2 is 2.10 bits per heavy atom. The van der Waals surface area contributed by atoms with Crippen molar-refractivity contribution in [1.82, 2.24) is 0 Å². The van der Waals surface area contributed by atoms with E-state index in [0.717, 1.165) is 5.56 Å². The summed E-state index contributed by atoms with van der Waals surface area (Å²) in [6, 6.07) is 7.22. The molecular weight excluding hydrogens is 260 g/mol. The number of carbonyl (C=O) groups is 2. The van der Waals surface area contributed by atoms with E-state index >= 15 is 0 Å². The molecule has 108 valence electrons. The molecule has 1 aromatic rings. The van der Waals surface area contributed by atoms with E-state index in [1.165, 1.54) is 0 Å². The SMILES string of the molecule is CCOC(=O)C1(C(=O)O)CC1c1cccc(OCC)c1. The Kier molecular flexibility index (Phi) is 3.97. The Morgan fingerprint density at radius 1 is 1.35 bits per heavy atom. The molecule has 0 spiro atoms. The van der Waals surface area contributed by atoms with Crippen LogP contribution in [-0.4, -0.2) is 30.3 Å². The van der Waals surface area contributed by atoms with Crippen LogP contribution in [0.1, 0.15) is 31.7 Å². The Labute approximate surface area is 117 Å². The van der Waals surface area contributed by atoms with Crippen molar-refractivity contribution in [2.45, 2.75) is 26.2 Å². The first-order valence-corrected chi connectivity index (χ1v) is 6.69. The van der Waals surface area contributed by atoms with Crippen LogP contribution in [0, 0.1) is 5.41 Å². The molecular formula is C15H18O5. The third kappa shape index (κ3) is 2.35. The Morgan fingerprint density at radius 3 is 2.70 bits per heavy atom. The van der Waals surface area contributed by atoms with Gasteiger partial charge >= 0.3 is 11.9 Å². The quantitative estimate of drug-likeness (QED) is 0.638. The lowest BCUT2D eigenvalue weighted by molar-refractivity contribution is -0.161. The second-order valence-corrected chi connectivity index (χ2v) is 4.76. The minimum atomic E-state index is -1.43. The zero-order chi connectivity index (χ0) is 14.8. The van der Waals surface area contributed by atoms with E-state index in [1.807, 2.05) is 19.1 Å². The van der Waals surface area contributed by atoms with E-state index < -0.39 is 17.4 Å². The van der Waals surface area contributed by atoms with Gasteiger partial charge in [0.15, 0.2) is 5.41 Å². The number of esters is 1. The highest BCUT2D eigenvalue weighted by Crippen LogP contribution is 2.60. The number of aliphatic carboxylic acids is 1. The summed E-state index contributed by atoms with van der Waals surface area (Å²) in [6.45, 7) is 4.26. The zero-order valence-corrected chi connectivity index (χ0v) is 11.6. The molecule has 2 rings (SSSR count). The van der Waals surface area contributed by atoms with Crippen molar-refractivity contribution in [3.63, 3.8) is 0 Å². The van der Waals surface area contributed by atoms with Crippen molar-refractivity contribution in [2.75, 3.05) is 13.2 Å². The average Bonchev–Trinajstić information content (AvgIpc) is 3.16. The first kappa shape index (κ1) is 14.4. The summed E-state index contributed by atoms with van der Waals surface area (Å²) in [5.74, 6) is -1.44. The number of carboxylic acids is 1. The molecule has 0 saturated heterocycles. The van der Waals surface area contributed by atoms with E-state index in [9.17, 15) is 14.7 Å². The molecule has 1 aliphatic carbocycles. The fourth-order valence-corrected chi connectivity index (χ4v) is 2.46. The molecule has 1 aliphatic rings. The van der Waals surface area contributed by atoms with Gasteiger partial charge in [-0.3, -0.25) is 9.59 Å². The number of carboxylic acid groups (broad SMARTS) is 1. The van der Waals surface area contributed by atoms with Gasteiger partial charge in [-0.2, -0.15) is 0 Å². The van der Waals surface area contributed by atoms with Gasteiger partial charge in [0, 0.05) is 5.92 Å². The third-order valence-corrected chi connectivity index (χ3v) is 3.55. The molecule has 0 bridgehead atoms. The lowest BCUT2D eigenvalue weighted by Crippen LogP contribution is -2.29. The van der Waals surface area contributed by atoms with Gasteiger partial charge in [0.25, 0.3) is 0 Å². The molecule has 1 aromatic carbocycles. The van der Waals surface area contributed by atoms with Gasteiger partial charge in [0.05, 0.1) is 13.2 Å². The number of carbonyl (C=O) groups excluding carboxylic acids is 1. The zero-order valence-electron chi connectivity index (χ0n) is 11.6. The van der Waals surface area contributed by atoms with Crippen LogP contribution in [0.4, 0.5) is 0 Å². The van der Waals surface area contributed by atoms with Gasteiger partial charge in [-0.1, -0.05) is 12.1 Å². The van der Waals surface area contributed by atoms with Gasteiger partial charge in [0.2, 0.25) is 0 Å². The molecule has 0 aliphatic heterocycles. The predicted molar refractivity (Wildman–Crippen MR) is 71.7 cm³/mol. The minimum Gasteiger partial charge on any atom is -0.494 e. The Bertz CT molecular complexity index is 525. The van der Waals surface area contributed by atoms with Gasteiger partial charge in [-0.05, 0) is 38.0 Å². The molecule has 2 atom stereocenters. The predicted octanol–water partition coefficient (Wildman–Crippen LogP) is 2.21. The van der Waals surface area contributed by atoms with Crippen molar-refractivity contribution in [1.29, 1.82) is 0 Å². The summed E-state index contributed by atoms with van der Waals surface area (Å²) < 4.78 is 10.3. The monoisotopic (exact) mass is 278 g/mol. The van der Waals surface area contributed by atoms with Crippen molar-refractivity contribution in [3.8, 4) is 5.75 Å². The highest BCUT2D eigenvalue weighted by molar-refractivity contribution is 6.04. The van der Waals surface area contributed by atoms with Gasteiger partial charge < -0.3 is 14.6 Å². The molecule has 1 N–H and O–H groups in total. The summed E-state index contributed by atoms with van der Waals surface area (Å²) in [4.78, 5) is 23.4. The molecule has 0 amide bonds. The maximum absolute atomic E-state index is 11.9. The molecule has 5 heteroatoms. The molecule has 0 aromatic heterocycles. The van der Waals surface area contributed by atoms with Crippen molar-refractivity contribution in [2.24, 2.45) is 5.41 Å². The number of hydrogen-bond acceptors (Lipinski definition) is 4. The number of rotatable bonds is 6. The summed E-state index contributed by atoms with van der Waals surface area (Å²) in [6.07, 6.45) is 0.275. The third-order valence-electron chi connectivity index (χ3n) is 3.55. The maximum atomic E-state index is 11.9. The summed E-state index contributed by atoms with van der Waals surface area (Å²) in [5, 5.41) is 9.37. The van der Waals surface area contributed by atoms with E-state index in [0.29, 0.717) is 12.4 Å². The lowest BCUT2D eigenvalue weighted by Gasteiger charge is -2.12. The van der Waals surface area contributed by atoms with Crippen LogP contribution in [0.5, 0.6) is 5.75 Å². The second kappa shape index (κ2) is 5.53. The van der Waals surface area contributed by atoms with Gasteiger partial charge in [-0.15, -0.1) is 0 Å². The van der Waals surface area contributed by atoms with Crippen LogP contribution < -0.4 is 4.74 Å². The van der Waals surface area contributed by atoms with E-state index in [4.69, 9.17) is 9.47 Å².